The van der Waals surface area contributed by atoms with E-state index in [9.17, 15) is 4.79 Å². The summed E-state index contributed by atoms with van der Waals surface area (Å²) in [5, 5.41) is 4.13. The standard InChI is InChI=1S/C24H25N3O4/c1-16-7-9-17(10-8-16)23-25-22(31-26-23)14-27(19-5-3-2-4-6-19)24(28)18-11-12-20-21(13-18)30-15-29-20/h7-13,19H,2-6,14-15H2,1H3. The Kier molecular flexibility index (Phi) is 5.32. The molecule has 1 aromatic heterocycles. The summed E-state index contributed by atoms with van der Waals surface area (Å²) in [5.74, 6) is 2.19. The van der Waals surface area contributed by atoms with Crippen LogP contribution in [0.1, 0.15) is 53.9 Å². The zero-order valence-corrected chi connectivity index (χ0v) is 17.5. The minimum Gasteiger partial charge on any atom is -0.454 e. The largest absolute Gasteiger partial charge is 0.454 e. The molecule has 2 aliphatic rings. The van der Waals surface area contributed by atoms with Gasteiger partial charge in [0.2, 0.25) is 18.5 Å². The molecule has 1 aliphatic heterocycles. The Labute approximate surface area is 181 Å². The van der Waals surface area contributed by atoms with Crippen LogP contribution in [-0.4, -0.2) is 33.8 Å². The number of carbonyl (C=O) groups is 1. The summed E-state index contributed by atoms with van der Waals surface area (Å²) in [7, 11) is 0. The maximum absolute atomic E-state index is 13.5. The molecule has 0 unspecified atom stereocenters. The second kappa shape index (κ2) is 8.41. The number of rotatable bonds is 5. The quantitative estimate of drug-likeness (QED) is 0.594. The van der Waals surface area contributed by atoms with Gasteiger partial charge in [0.1, 0.15) is 6.54 Å². The van der Waals surface area contributed by atoms with E-state index in [2.05, 4.69) is 10.1 Å². The molecule has 0 bridgehead atoms. The van der Waals surface area contributed by atoms with E-state index in [1.807, 2.05) is 36.1 Å². The predicted molar refractivity (Wildman–Crippen MR) is 114 cm³/mol. The number of amides is 1. The normalized spacial score (nSPS) is 15.8. The van der Waals surface area contributed by atoms with Crippen LogP contribution in [0.2, 0.25) is 0 Å². The molecule has 0 saturated heterocycles. The van der Waals surface area contributed by atoms with Crippen molar-refractivity contribution in [1.29, 1.82) is 0 Å². The van der Waals surface area contributed by atoms with E-state index in [0.717, 1.165) is 31.2 Å². The van der Waals surface area contributed by atoms with Gasteiger partial charge in [-0.05, 0) is 38.0 Å². The van der Waals surface area contributed by atoms with Crippen LogP contribution in [0.3, 0.4) is 0 Å². The Morgan fingerprint density at radius 3 is 2.61 bits per heavy atom. The SMILES string of the molecule is Cc1ccc(-c2noc(CN(C(=O)c3ccc4c(c3)OCO4)C3CCCCC3)n2)cc1. The molecule has 3 aromatic rings. The Bertz CT molecular complexity index is 1070. The fourth-order valence-corrected chi connectivity index (χ4v) is 4.24. The van der Waals surface area contributed by atoms with Crippen LogP contribution in [0.4, 0.5) is 0 Å². The summed E-state index contributed by atoms with van der Waals surface area (Å²) >= 11 is 0. The summed E-state index contributed by atoms with van der Waals surface area (Å²) in [6.45, 7) is 2.51. The molecule has 2 heterocycles. The first kappa shape index (κ1) is 19.6. The van der Waals surface area contributed by atoms with Crippen molar-refractivity contribution in [2.75, 3.05) is 6.79 Å². The van der Waals surface area contributed by atoms with Crippen molar-refractivity contribution in [2.45, 2.75) is 51.6 Å². The van der Waals surface area contributed by atoms with E-state index in [0.29, 0.717) is 28.8 Å². The number of fused-ring (bicyclic) bond motifs is 1. The Hall–Kier alpha value is -3.35. The van der Waals surface area contributed by atoms with Gasteiger partial charge in [-0.3, -0.25) is 4.79 Å². The van der Waals surface area contributed by atoms with E-state index < -0.39 is 0 Å². The molecular weight excluding hydrogens is 394 g/mol. The maximum atomic E-state index is 13.5. The first-order chi connectivity index (χ1) is 15.2. The monoisotopic (exact) mass is 419 g/mol. The van der Waals surface area contributed by atoms with Crippen LogP contribution in [0, 0.1) is 6.92 Å². The second-order valence-corrected chi connectivity index (χ2v) is 8.17. The molecule has 7 nitrogen and oxygen atoms in total. The number of ether oxygens (including phenoxy) is 2. The lowest BCUT2D eigenvalue weighted by Gasteiger charge is -2.33. The number of hydrogen-bond acceptors (Lipinski definition) is 6. The zero-order valence-electron chi connectivity index (χ0n) is 17.5. The van der Waals surface area contributed by atoms with Crippen molar-refractivity contribution >= 4 is 5.91 Å². The van der Waals surface area contributed by atoms with Gasteiger partial charge in [-0.15, -0.1) is 0 Å². The van der Waals surface area contributed by atoms with Crippen molar-refractivity contribution in [1.82, 2.24) is 15.0 Å². The molecule has 1 fully saturated rings. The van der Waals surface area contributed by atoms with E-state index >= 15 is 0 Å². The number of nitrogens with zero attached hydrogens (tertiary/aromatic N) is 3. The molecule has 0 spiro atoms. The fourth-order valence-electron chi connectivity index (χ4n) is 4.24. The van der Waals surface area contributed by atoms with Crippen LogP contribution in [0.5, 0.6) is 11.5 Å². The van der Waals surface area contributed by atoms with Gasteiger partial charge in [-0.25, -0.2) is 0 Å². The average Bonchev–Trinajstić information content (AvgIpc) is 3.47. The van der Waals surface area contributed by atoms with Gasteiger partial charge in [-0.1, -0.05) is 54.2 Å². The van der Waals surface area contributed by atoms with E-state index in [1.165, 1.54) is 12.0 Å². The summed E-state index contributed by atoms with van der Waals surface area (Å²) < 4.78 is 16.4. The molecule has 31 heavy (non-hydrogen) atoms. The predicted octanol–water partition coefficient (Wildman–Crippen LogP) is 4.75. The Morgan fingerprint density at radius 1 is 1.03 bits per heavy atom. The molecule has 1 amide bonds. The third kappa shape index (κ3) is 4.13. The molecule has 5 rings (SSSR count). The lowest BCUT2D eigenvalue weighted by atomic mass is 9.93. The first-order valence-corrected chi connectivity index (χ1v) is 10.8. The highest BCUT2D eigenvalue weighted by atomic mass is 16.7. The number of hydrogen-bond donors (Lipinski definition) is 0. The third-order valence-corrected chi connectivity index (χ3v) is 5.98. The lowest BCUT2D eigenvalue weighted by molar-refractivity contribution is 0.0585. The summed E-state index contributed by atoms with van der Waals surface area (Å²) in [5.41, 5.74) is 2.64. The van der Waals surface area contributed by atoms with Gasteiger partial charge < -0.3 is 18.9 Å². The van der Waals surface area contributed by atoms with Gasteiger partial charge in [-0.2, -0.15) is 4.98 Å². The van der Waals surface area contributed by atoms with Gasteiger partial charge in [0.05, 0.1) is 0 Å². The number of carbonyl (C=O) groups excluding carboxylic acids is 1. The van der Waals surface area contributed by atoms with Crippen LogP contribution in [-0.2, 0) is 6.54 Å². The molecule has 0 radical (unpaired) electrons. The van der Waals surface area contributed by atoms with Crippen LogP contribution in [0.15, 0.2) is 47.0 Å². The highest BCUT2D eigenvalue weighted by Crippen LogP contribution is 2.34. The van der Waals surface area contributed by atoms with Crippen molar-refractivity contribution < 1.29 is 18.8 Å². The highest BCUT2D eigenvalue weighted by molar-refractivity contribution is 5.95. The number of benzene rings is 2. The molecule has 160 valence electrons. The molecule has 1 saturated carbocycles. The van der Waals surface area contributed by atoms with Gasteiger partial charge >= 0.3 is 0 Å². The Balaban J connectivity index is 1.40. The molecular formula is C24H25N3O4. The molecule has 1 aliphatic carbocycles. The summed E-state index contributed by atoms with van der Waals surface area (Å²) in [6, 6.07) is 13.5. The van der Waals surface area contributed by atoms with Gasteiger partial charge in [0, 0.05) is 17.2 Å². The Morgan fingerprint density at radius 2 is 1.81 bits per heavy atom. The van der Waals surface area contributed by atoms with E-state index in [-0.39, 0.29) is 25.3 Å². The van der Waals surface area contributed by atoms with E-state index in [4.69, 9.17) is 14.0 Å². The highest BCUT2D eigenvalue weighted by Gasteiger charge is 2.29. The van der Waals surface area contributed by atoms with Crippen molar-refractivity contribution in [3.8, 4) is 22.9 Å². The zero-order chi connectivity index (χ0) is 21.2. The minimum atomic E-state index is -0.0553. The first-order valence-electron chi connectivity index (χ1n) is 10.8. The van der Waals surface area contributed by atoms with Crippen LogP contribution < -0.4 is 9.47 Å². The van der Waals surface area contributed by atoms with Crippen LogP contribution >= 0.6 is 0 Å². The number of aromatic nitrogens is 2. The topological polar surface area (TPSA) is 77.7 Å². The van der Waals surface area contributed by atoms with Gasteiger partial charge in [0.15, 0.2) is 11.5 Å². The average molecular weight is 419 g/mol. The summed E-state index contributed by atoms with van der Waals surface area (Å²) in [4.78, 5) is 19.9. The third-order valence-electron chi connectivity index (χ3n) is 5.98. The van der Waals surface area contributed by atoms with Crippen molar-refractivity contribution in [2.24, 2.45) is 0 Å². The fraction of sp³-hybridized carbons (Fsp3) is 0.375. The second-order valence-electron chi connectivity index (χ2n) is 8.17. The number of aryl methyl sites for hydroxylation is 1. The minimum absolute atomic E-state index is 0.0553. The van der Waals surface area contributed by atoms with Gasteiger partial charge in [0.25, 0.3) is 5.91 Å². The smallest absolute Gasteiger partial charge is 0.254 e. The maximum Gasteiger partial charge on any atom is 0.254 e. The van der Waals surface area contributed by atoms with E-state index in [1.54, 1.807) is 18.2 Å². The molecule has 0 atom stereocenters. The lowest BCUT2D eigenvalue weighted by Crippen LogP contribution is -2.41. The summed E-state index contributed by atoms with van der Waals surface area (Å²) in [6.07, 6.45) is 5.41. The van der Waals surface area contributed by atoms with Crippen molar-refractivity contribution in [3.05, 3.63) is 59.5 Å². The van der Waals surface area contributed by atoms with Crippen LogP contribution in [0.25, 0.3) is 11.4 Å². The molecule has 2 aromatic carbocycles. The molecule has 7 heteroatoms. The molecule has 0 N–H and O–H groups in total. The van der Waals surface area contributed by atoms with Crippen molar-refractivity contribution in [3.63, 3.8) is 0 Å².